The third-order valence-electron chi connectivity index (χ3n) is 4.19. The summed E-state index contributed by atoms with van der Waals surface area (Å²) in [7, 11) is -3.95. The van der Waals surface area contributed by atoms with Crippen molar-refractivity contribution in [3.8, 4) is 11.1 Å². The first-order chi connectivity index (χ1) is 13.4. The van der Waals surface area contributed by atoms with Crippen LogP contribution in [0.4, 0.5) is 11.4 Å². The summed E-state index contributed by atoms with van der Waals surface area (Å²) >= 11 is 0. The number of para-hydroxylation sites is 1. The topological polar surface area (TPSA) is 80.5 Å². The lowest BCUT2D eigenvalue weighted by Crippen LogP contribution is -2.31. The van der Waals surface area contributed by atoms with Gasteiger partial charge in [-0.05, 0) is 23.8 Å². The average molecular weight is 394 g/mol. The lowest BCUT2D eigenvalue weighted by molar-refractivity contribution is -0.384. The van der Waals surface area contributed by atoms with Gasteiger partial charge in [0.15, 0.2) is 0 Å². The summed E-state index contributed by atoms with van der Waals surface area (Å²) in [5.41, 5.74) is 1.98. The van der Waals surface area contributed by atoms with E-state index < -0.39 is 14.9 Å². The summed E-state index contributed by atoms with van der Waals surface area (Å²) < 4.78 is 27.8. The van der Waals surface area contributed by atoms with Gasteiger partial charge in [-0.2, -0.15) is 0 Å². The molecule has 0 bridgehead atoms. The van der Waals surface area contributed by atoms with Gasteiger partial charge < -0.3 is 0 Å². The maximum atomic E-state index is 13.3. The number of nitro groups is 1. The second-order valence-corrected chi connectivity index (χ2v) is 7.82. The van der Waals surface area contributed by atoms with Crippen LogP contribution < -0.4 is 4.31 Å². The number of sulfonamides is 1. The molecule has 0 aliphatic rings. The van der Waals surface area contributed by atoms with Crippen LogP contribution in [0.1, 0.15) is 0 Å². The molecule has 0 heterocycles. The fraction of sp³-hybridized carbons (Fsp3) is 0.0476. The third-order valence-corrected chi connectivity index (χ3v) is 5.98. The van der Waals surface area contributed by atoms with Gasteiger partial charge in [0.2, 0.25) is 0 Å². The van der Waals surface area contributed by atoms with E-state index in [0.29, 0.717) is 5.69 Å². The van der Waals surface area contributed by atoms with Crippen molar-refractivity contribution in [2.45, 2.75) is 4.90 Å². The number of nitro benzene ring substituents is 1. The largest absolute Gasteiger partial charge is 0.269 e. The number of non-ortho nitro benzene ring substituents is 1. The second-order valence-electron chi connectivity index (χ2n) is 5.96. The predicted octanol–water partition coefficient (Wildman–Crippen LogP) is 4.64. The lowest BCUT2D eigenvalue weighted by Gasteiger charge is -2.25. The van der Waals surface area contributed by atoms with Crippen LogP contribution in [0.3, 0.4) is 0 Å². The van der Waals surface area contributed by atoms with Crippen molar-refractivity contribution in [2.75, 3.05) is 10.8 Å². The Bertz CT molecular complexity index is 1090. The third kappa shape index (κ3) is 3.79. The highest BCUT2D eigenvalue weighted by Crippen LogP contribution is 2.34. The van der Waals surface area contributed by atoms with Crippen molar-refractivity contribution >= 4 is 21.4 Å². The molecule has 3 rings (SSSR count). The average Bonchev–Trinajstić information content (AvgIpc) is 2.72. The van der Waals surface area contributed by atoms with E-state index in [2.05, 4.69) is 6.58 Å². The first kappa shape index (κ1) is 19.3. The number of rotatable bonds is 7. The zero-order valence-corrected chi connectivity index (χ0v) is 15.7. The van der Waals surface area contributed by atoms with E-state index >= 15 is 0 Å². The molecule has 0 aliphatic heterocycles. The SMILES string of the molecule is C=CCN(c1ccccc1-c1ccccc1)S(=O)(=O)c1ccc([N+](=O)[O-])cc1. The summed E-state index contributed by atoms with van der Waals surface area (Å²) in [6.45, 7) is 3.74. The zero-order valence-electron chi connectivity index (χ0n) is 14.9. The Balaban J connectivity index is 2.12. The lowest BCUT2D eigenvalue weighted by atomic mass is 10.0. The maximum Gasteiger partial charge on any atom is 0.269 e. The number of hydrogen-bond donors (Lipinski definition) is 0. The molecule has 7 heteroatoms. The number of anilines is 1. The van der Waals surface area contributed by atoms with Gasteiger partial charge >= 0.3 is 0 Å². The van der Waals surface area contributed by atoms with E-state index in [4.69, 9.17) is 0 Å². The number of benzene rings is 3. The Morgan fingerprint density at radius 1 is 0.929 bits per heavy atom. The van der Waals surface area contributed by atoms with Crippen molar-refractivity contribution in [2.24, 2.45) is 0 Å². The Labute approximate surface area is 163 Å². The smallest absolute Gasteiger partial charge is 0.262 e. The molecule has 28 heavy (non-hydrogen) atoms. The van der Waals surface area contributed by atoms with Crippen LogP contribution in [-0.2, 0) is 10.0 Å². The van der Waals surface area contributed by atoms with E-state index in [1.165, 1.54) is 34.6 Å². The fourth-order valence-electron chi connectivity index (χ4n) is 2.86. The molecule has 0 spiro atoms. The minimum Gasteiger partial charge on any atom is -0.262 e. The summed E-state index contributed by atoms with van der Waals surface area (Å²) in [6, 6.07) is 21.5. The van der Waals surface area contributed by atoms with Crippen LogP contribution >= 0.6 is 0 Å². The van der Waals surface area contributed by atoms with E-state index in [1.54, 1.807) is 12.1 Å². The van der Waals surface area contributed by atoms with Gasteiger partial charge in [-0.15, -0.1) is 6.58 Å². The van der Waals surface area contributed by atoms with Gasteiger partial charge in [-0.3, -0.25) is 14.4 Å². The van der Waals surface area contributed by atoms with Crippen molar-refractivity contribution in [1.82, 2.24) is 0 Å². The molecule has 0 fully saturated rings. The number of hydrogen-bond acceptors (Lipinski definition) is 4. The first-order valence-corrected chi connectivity index (χ1v) is 9.91. The van der Waals surface area contributed by atoms with E-state index in [1.807, 2.05) is 42.5 Å². The van der Waals surface area contributed by atoms with Gasteiger partial charge in [0.05, 0.1) is 22.1 Å². The first-order valence-electron chi connectivity index (χ1n) is 8.47. The van der Waals surface area contributed by atoms with E-state index in [0.717, 1.165) is 11.1 Å². The quantitative estimate of drug-likeness (QED) is 0.332. The van der Waals surface area contributed by atoms with Crippen LogP contribution in [0.15, 0.2) is 96.4 Å². The molecular formula is C21H18N2O4S. The highest BCUT2D eigenvalue weighted by atomic mass is 32.2. The van der Waals surface area contributed by atoms with E-state index in [9.17, 15) is 18.5 Å². The Kier molecular flexibility index (Phi) is 5.56. The Hall–Kier alpha value is -3.45. The van der Waals surface area contributed by atoms with Crippen molar-refractivity contribution in [3.05, 3.63) is 102 Å². The molecule has 0 N–H and O–H groups in total. The van der Waals surface area contributed by atoms with E-state index in [-0.39, 0.29) is 17.1 Å². The molecule has 0 atom stereocenters. The van der Waals surface area contributed by atoms with Crippen molar-refractivity contribution in [1.29, 1.82) is 0 Å². The Morgan fingerprint density at radius 2 is 1.54 bits per heavy atom. The number of nitrogens with zero attached hydrogens (tertiary/aromatic N) is 2. The van der Waals surface area contributed by atoms with Crippen LogP contribution in [-0.4, -0.2) is 19.9 Å². The molecule has 0 radical (unpaired) electrons. The van der Waals surface area contributed by atoms with Crippen LogP contribution in [0.25, 0.3) is 11.1 Å². The van der Waals surface area contributed by atoms with Crippen LogP contribution in [0.2, 0.25) is 0 Å². The van der Waals surface area contributed by atoms with Gasteiger partial charge in [0.1, 0.15) is 0 Å². The van der Waals surface area contributed by atoms with Crippen molar-refractivity contribution < 1.29 is 13.3 Å². The molecule has 6 nitrogen and oxygen atoms in total. The molecule has 142 valence electrons. The minimum atomic E-state index is -3.95. The standard InChI is InChI=1S/C21H18N2O4S/c1-2-16-22(28(26,27)19-14-12-18(13-15-19)23(24)25)21-11-7-6-10-20(21)17-8-4-3-5-9-17/h2-15H,1,16H2. The molecule has 0 unspecified atom stereocenters. The summed E-state index contributed by atoms with van der Waals surface area (Å²) in [6.07, 6.45) is 1.50. The molecule has 0 saturated heterocycles. The molecule has 0 aromatic heterocycles. The fourth-order valence-corrected chi connectivity index (χ4v) is 4.32. The molecule has 0 saturated carbocycles. The molecule has 0 aliphatic carbocycles. The highest BCUT2D eigenvalue weighted by molar-refractivity contribution is 7.92. The molecule has 3 aromatic carbocycles. The van der Waals surface area contributed by atoms with Crippen LogP contribution in [0.5, 0.6) is 0 Å². The van der Waals surface area contributed by atoms with Crippen LogP contribution in [0, 0.1) is 10.1 Å². The summed E-state index contributed by atoms with van der Waals surface area (Å²) in [5, 5.41) is 10.9. The summed E-state index contributed by atoms with van der Waals surface area (Å²) in [4.78, 5) is 10.3. The van der Waals surface area contributed by atoms with Crippen molar-refractivity contribution in [3.63, 3.8) is 0 Å². The normalized spacial score (nSPS) is 11.0. The Morgan fingerprint density at radius 3 is 2.14 bits per heavy atom. The zero-order chi connectivity index (χ0) is 20.1. The summed E-state index contributed by atoms with van der Waals surface area (Å²) in [5.74, 6) is 0. The van der Waals surface area contributed by atoms with Gasteiger partial charge in [-0.1, -0.05) is 54.6 Å². The van der Waals surface area contributed by atoms with Gasteiger partial charge in [0.25, 0.3) is 15.7 Å². The maximum absolute atomic E-state index is 13.3. The van der Waals surface area contributed by atoms with Gasteiger partial charge in [-0.25, -0.2) is 8.42 Å². The second kappa shape index (κ2) is 8.06. The molecule has 0 amide bonds. The highest BCUT2D eigenvalue weighted by Gasteiger charge is 2.26. The monoisotopic (exact) mass is 394 g/mol. The molecule has 3 aromatic rings. The van der Waals surface area contributed by atoms with Gasteiger partial charge in [0, 0.05) is 17.7 Å². The minimum absolute atomic E-state index is 0.0252. The predicted molar refractivity (Wildman–Crippen MR) is 110 cm³/mol. The molecular weight excluding hydrogens is 376 g/mol.